The van der Waals surface area contributed by atoms with Crippen molar-refractivity contribution in [2.75, 3.05) is 7.05 Å². The normalized spacial score (nSPS) is 25.1. The number of hydrogen-bond donors (Lipinski definition) is 0. The molecule has 1 aliphatic rings. The smallest absolute Gasteiger partial charge is 0.123 e. The van der Waals surface area contributed by atoms with Gasteiger partial charge in [0.05, 0.1) is 6.34 Å². The van der Waals surface area contributed by atoms with E-state index in [2.05, 4.69) is 16.9 Å². The van der Waals surface area contributed by atoms with Gasteiger partial charge in [-0.05, 0) is 6.42 Å². The van der Waals surface area contributed by atoms with Crippen LogP contribution < -0.4 is 0 Å². The molecule has 0 fully saturated rings. The first-order chi connectivity index (χ1) is 4.34. The Bertz CT molecular complexity index is 139. The summed E-state index contributed by atoms with van der Waals surface area (Å²) in [5.41, 5.74) is 0. The van der Waals surface area contributed by atoms with Crippen LogP contribution in [-0.4, -0.2) is 30.8 Å². The van der Waals surface area contributed by atoms with E-state index in [-0.39, 0.29) is 0 Å². The van der Waals surface area contributed by atoms with Crippen molar-refractivity contribution in [3.8, 4) is 0 Å². The first-order valence-electron chi connectivity index (χ1n) is 3.11. The predicted octanol–water partition coefficient (Wildman–Crippen LogP) is 0.725. The molecule has 0 aliphatic carbocycles. The first kappa shape index (κ1) is 6.26. The van der Waals surface area contributed by atoms with Crippen molar-refractivity contribution in [1.82, 2.24) is 4.90 Å². The highest BCUT2D eigenvalue weighted by Gasteiger charge is 2.07. The zero-order valence-corrected chi connectivity index (χ0v) is 5.78. The summed E-state index contributed by atoms with van der Waals surface area (Å²) in [5.74, 6) is 0. The second kappa shape index (κ2) is 2.62. The summed E-state index contributed by atoms with van der Waals surface area (Å²) in [6, 6.07) is 0. The molecular formula is C6H11N3. The third kappa shape index (κ3) is 1.28. The Morgan fingerprint density at radius 1 is 1.67 bits per heavy atom. The molecule has 50 valence electrons. The highest BCUT2D eigenvalue weighted by atomic mass is 15.3. The fourth-order valence-corrected chi connectivity index (χ4v) is 0.826. The van der Waals surface area contributed by atoms with Crippen molar-refractivity contribution in [3.63, 3.8) is 0 Å². The Morgan fingerprint density at radius 3 is 2.89 bits per heavy atom. The standard InChI is InChI=1S/C6H11N3/c1-3-6-8-4-7-5-9(6)2/h4-6H,3H2,1-2H3. The predicted molar refractivity (Wildman–Crippen MR) is 38.8 cm³/mol. The summed E-state index contributed by atoms with van der Waals surface area (Å²) in [4.78, 5) is 10.00. The maximum Gasteiger partial charge on any atom is 0.123 e. The summed E-state index contributed by atoms with van der Waals surface area (Å²) in [6.45, 7) is 2.11. The molecule has 1 heterocycles. The van der Waals surface area contributed by atoms with Gasteiger partial charge in [-0.2, -0.15) is 0 Å². The number of nitrogens with zero attached hydrogens (tertiary/aromatic N) is 3. The van der Waals surface area contributed by atoms with Crippen LogP contribution >= 0.6 is 0 Å². The molecule has 0 radical (unpaired) electrons. The summed E-state index contributed by atoms with van der Waals surface area (Å²) < 4.78 is 0. The summed E-state index contributed by atoms with van der Waals surface area (Å²) in [7, 11) is 1.98. The molecule has 1 rings (SSSR count). The van der Waals surface area contributed by atoms with E-state index >= 15 is 0 Å². The van der Waals surface area contributed by atoms with Gasteiger partial charge in [0.1, 0.15) is 12.5 Å². The molecule has 0 aromatic heterocycles. The average molecular weight is 125 g/mol. The van der Waals surface area contributed by atoms with E-state index in [1.807, 2.05) is 11.9 Å². The summed E-state index contributed by atoms with van der Waals surface area (Å²) >= 11 is 0. The Balaban J connectivity index is 2.55. The number of rotatable bonds is 1. The van der Waals surface area contributed by atoms with Crippen molar-refractivity contribution >= 4 is 12.7 Å². The molecule has 0 N–H and O–H groups in total. The Kier molecular flexibility index (Phi) is 1.82. The Morgan fingerprint density at radius 2 is 2.44 bits per heavy atom. The molecule has 0 aromatic rings. The zero-order chi connectivity index (χ0) is 6.69. The topological polar surface area (TPSA) is 28.0 Å². The van der Waals surface area contributed by atoms with E-state index in [9.17, 15) is 0 Å². The van der Waals surface area contributed by atoms with Crippen LogP contribution in [0.4, 0.5) is 0 Å². The second-order valence-electron chi connectivity index (χ2n) is 2.08. The zero-order valence-electron chi connectivity index (χ0n) is 5.78. The van der Waals surface area contributed by atoms with Crippen molar-refractivity contribution in [3.05, 3.63) is 0 Å². The van der Waals surface area contributed by atoms with Gasteiger partial charge in [0.15, 0.2) is 0 Å². The number of aliphatic imine (C=N–C) groups is 2. The SMILES string of the molecule is CCC1N=CN=CN1C. The van der Waals surface area contributed by atoms with E-state index in [4.69, 9.17) is 0 Å². The van der Waals surface area contributed by atoms with Crippen LogP contribution in [0.25, 0.3) is 0 Å². The maximum absolute atomic E-state index is 4.13. The molecule has 3 heteroatoms. The van der Waals surface area contributed by atoms with Crippen LogP contribution in [0.5, 0.6) is 0 Å². The lowest BCUT2D eigenvalue weighted by atomic mass is 10.3. The molecule has 0 bridgehead atoms. The van der Waals surface area contributed by atoms with Crippen molar-refractivity contribution < 1.29 is 0 Å². The van der Waals surface area contributed by atoms with Crippen LogP contribution in [0.1, 0.15) is 13.3 Å². The largest absolute Gasteiger partial charge is 0.344 e. The molecule has 0 saturated heterocycles. The molecule has 0 aromatic carbocycles. The first-order valence-corrected chi connectivity index (χ1v) is 3.11. The Labute approximate surface area is 55.1 Å². The van der Waals surface area contributed by atoms with Gasteiger partial charge >= 0.3 is 0 Å². The molecule has 0 amide bonds. The van der Waals surface area contributed by atoms with Gasteiger partial charge in [-0.15, -0.1) is 0 Å². The molecule has 0 spiro atoms. The summed E-state index contributed by atoms with van der Waals surface area (Å²) in [6.07, 6.45) is 4.75. The molecule has 1 atom stereocenters. The van der Waals surface area contributed by atoms with Gasteiger partial charge in [0, 0.05) is 7.05 Å². The van der Waals surface area contributed by atoms with Gasteiger partial charge in [0.2, 0.25) is 0 Å². The molecular weight excluding hydrogens is 114 g/mol. The van der Waals surface area contributed by atoms with E-state index < -0.39 is 0 Å². The van der Waals surface area contributed by atoms with Crippen LogP contribution in [0.3, 0.4) is 0 Å². The van der Waals surface area contributed by atoms with E-state index in [1.54, 1.807) is 12.7 Å². The molecule has 3 nitrogen and oxygen atoms in total. The summed E-state index contributed by atoms with van der Waals surface area (Å²) in [5, 5.41) is 0. The van der Waals surface area contributed by atoms with Gasteiger partial charge < -0.3 is 4.90 Å². The molecule has 0 saturated carbocycles. The average Bonchev–Trinajstić information content (AvgIpc) is 1.89. The minimum Gasteiger partial charge on any atom is -0.344 e. The van der Waals surface area contributed by atoms with Gasteiger partial charge in [-0.25, -0.2) is 9.98 Å². The van der Waals surface area contributed by atoms with E-state index in [0.29, 0.717) is 6.17 Å². The van der Waals surface area contributed by atoms with E-state index in [0.717, 1.165) is 6.42 Å². The third-order valence-corrected chi connectivity index (χ3v) is 1.39. The Hall–Kier alpha value is -0.860. The lowest BCUT2D eigenvalue weighted by molar-refractivity contribution is 0.373. The third-order valence-electron chi connectivity index (χ3n) is 1.39. The fraction of sp³-hybridized carbons (Fsp3) is 0.667. The monoisotopic (exact) mass is 125 g/mol. The second-order valence-corrected chi connectivity index (χ2v) is 2.08. The number of hydrogen-bond acceptors (Lipinski definition) is 3. The minimum atomic E-state index is 0.308. The highest BCUT2D eigenvalue weighted by molar-refractivity contribution is 5.73. The van der Waals surface area contributed by atoms with Crippen molar-refractivity contribution in [2.45, 2.75) is 19.5 Å². The lowest BCUT2D eigenvalue weighted by Gasteiger charge is -2.22. The quantitative estimate of drug-likeness (QED) is 0.507. The van der Waals surface area contributed by atoms with Crippen LogP contribution in [0, 0.1) is 0 Å². The van der Waals surface area contributed by atoms with Gasteiger partial charge in [0.25, 0.3) is 0 Å². The van der Waals surface area contributed by atoms with Crippen molar-refractivity contribution in [1.29, 1.82) is 0 Å². The van der Waals surface area contributed by atoms with Crippen molar-refractivity contribution in [2.24, 2.45) is 9.98 Å². The minimum absolute atomic E-state index is 0.308. The van der Waals surface area contributed by atoms with E-state index in [1.165, 1.54) is 0 Å². The van der Waals surface area contributed by atoms with Crippen LogP contribution in [0.15, 0.2) is 9.98 Å². The van der Waals surface area contributed by atoms with Gasteiger partial charge in [-0.1, -0.05) is 6.92 Å². The maximum atomic E-state index is 4.13. The van der Waals surface area contributed by atoms with Crippen LogP contribution in [-0.2, 0) is 0 Å². The lowest BCUT2D eigenvalue weighted by Crippen LogP contribution is -2.30. The fourth-order valence-electron chi connectivity index (χ4n) is 0.826. The molecule has 1 aliphatic heterocycles. The van der Waals surface area contributed by atoms with Crippen LogP contribution in [0.2, 0.25) is 0 Å². The molecule has 9 heavy (non-hydrogen) atoms. The highest BCUT2D eigenvalue weighted by Crippen LogP contribution is 2.02. The molecule has 1 unspecified atom stereocenters. The van der Waals surface area contributed by atoms with Gasteiger partial charge in [-0.3, -0.25) is 0 Å².